The van der Waals surface area contributed by atoms with Crippen LogP contribution in [0.4, 0.5) is 0 Å². The summed E-state index contributed by atoms with van der Waals surface area (Å²) in [6.07, 6.45) is 6.94. The van der Waals surface area contributed by atoms with Crippen molar-refractivity contribution in [1.29, 1.82) is 0 Å². The van der Waals surface area contributed by atoms with Gasteiger partial charge in [-0.3, -0.25) is 9.69 Å². The van der Waals surface area contributed by atoms with Gasteiger partial charge in [0.15, 0.2) is 5.82 Å². The van der Waals surface area contributed by atoms with Gasteiger partial charge in [-0.2, -0.15) is 0 Å². The van der Waals surface area contributed by atoms with Crippen molar-refractivity contribution in [3.8, 4) is 0 Å². The Balaban J connectivity index is 1.40. The molecule has 0 spiro atoms. The van der Waals surface area contributed by atoms with Gasteiger partial charge in [-0.25, -0.2) is 9.67 Å². The van der Waals surface area contributed by atoms with E-state index in [9.17, 15) is 4.79 Å². The molecule has 1 aliphatic heterocycles. The number of likely N-dealkylation sites (tertiary alicyclic amines) is 1. The first-order valence-electron chi connectivity index (χ1n) is 10.5. The van der Waals surface area contributed by atoms with Gasteiger partial charge in [0.25, 0.3) is 0 Å². The molecule has 1 saturated heterocycles. The second kappa shape index (κ2) is 9.62. The van der Waals surface area contributed by atoms with Crippen LogP contribution >= 0.6 is 0 Å². The zero-order chi connectivity index (χ0) is 20.8. The summed E-state index contributed by atoms with van der Waals surface area (Å²) in [4.78, 5) is 19.4. The third kappa shape index (κ3) is 5.10. The molecule has 9 nitrogen and oxygen atoms in total. The van der Waals surface area contributed by atoms with Crippen molar-refractivity contribution in [2.45, 2.75) is 51.9 Å². The predicted octanol–water partition coefficient (Wildman–Crippen LogP) is 1.72. The lowest BCUT2D eigenvalue weighted by Gasteiger charge is -2.20. The van der Waals surface area contributed by atoms with Crippen molar-refractivity contribution < 1.29 is 4.79 Å². The molecule has 1 fully saturated rings. The Labute approximate surface area is 176 Å². The van der Waals surface area contributed by atoms with Crippen LogP contribution in [0.2, 0.25) is 0 Å². The van der Waals surface area contributed by atoms with Gasteiger partial charge < -0.3 is 9.88 Å². The molecule has 1 amide bonds. The highest BCUT2D eigenvalue weighted by atomic mass is 16.2. The van der Waals surface area contributed by atoms with E-state index in [1.807, 2.05) is 43.5 Å². The highest BCUT2D eigenvalue weighted by Crippen LogP contribution is 2.18. The summed E-state index contributed by atoms with van der Waals surface area (Å²) in [5.74, 6) is 1.60. The van der Waals surface area contributed by atoms with Gasteiger partial charge in [-0.1, -0.05) is 30.3 Å². The minimum atomic E-state index is -0.0981. The third-order valence-electron chi connectivity index (χ3n) is 5.58. The van der Waals surface area contributed by atoms with Gasteiger partial charge in [0, 0.05) is 18.9 Å². The molecule has 1 unspecified atom stereocenters. The predicted molar refractivity (Wildman–Crippen MR) is 111 cm³/mol. The fraction of sp³-hybridized carbons (Fsp3) is 0.476. The normalized spacial score (nSPS) is 15.4. The molecule has 158 valence electrons. The number of hydrogen-bond acceptors (Lipinski definition) is 6. The van der Waals surface area contributed by atoms with Crippen LogP contribution in [-0.2, 0) is 24.4 Å². The Morgan fingerprint density at radius 1 is 1.20 bits per heavy atom. The Kier molecular flexibility index (Phi) is 6.48. The van der Waals surface area contributed by atoms with Crippen molar-refractivity contribution in [3.05, 3.63) is 59.9 Å². The first-order valence-corrected chi connectivity index (χ1v) is 10.5. The number of rotatable bonds is 9. The summed E-state index contributed by atoms with van der Waals surface area (Å²) in [5, 5.41) is 15.1. The zero-order valence-corrected chi connectivity index (χ0v) is 17.3. The van der Waals surface area contributed by atoms with Crippen molar-refractivity contribution in [3.63, 3.8) is 0 Å². The van der Waals surface area contributed by atoms with Gasteiger partial charge in [0.1, 0.15) is 12.4 Å². The summed E-state index contributed by atoms with van der Waals surface area (Å²) in [5.41, 5.74) is 1.08. The van der Waals surface area contributed by atoms with Crippen LogP contribution in [0.1, 0.15) is 42.5 Å². The summed E-state index contributed by atoms with van der Waals surface area (Å²) in [6, 6.07) is 9.95. The summed E-state index contributed by atoms with van der Waals surface area (Å²) < 4.78 is 3.70. The molecule has 0 radical (unpaired) electrons. The topological polar surface area (TPSA) is 93.8 Å². The van der Waals surface area contributed by atoms with Crippen LogP contribution in [-0.4, -0.2) is 53.7 Å². The largest absolute Gasteiger partial charge is 0.348 e. The molecule has 1 aromatic carbocycles. The van der Waals surface area contributed by atoms with Crippen molar-refractivity contribution in [1.82, 2.24) is 40.0 Å². The summed E-state index contributed by atoms with van der Waals surface area (Å²) >= 11 is 0. The van der Waals surface area contributed by atoms with Gasteiger partial charge in [0.05, 0.1) is 12.6 Å². The molecule has 3 aromatic rings. The molecule has 1 atom stereocenters. The van der Waals surface area contributed by atoms with E-state index in [-0.39, 0.29) is 18.5 Å². The van der Waals surface area contributed by atoms with Crippen LogP contribution in [0.5, 0.6) is 0 Å². The van der Waals surface area contributed by atoms with E-state index in [0.717, 1.165) is 43.3 Å². The van der Waals surface area contributed by atoms with E-state index in [2.05, 4.69) is 35.3 Å². The molecule has 0 aliphatic carbocycles. The van der Waals surface area contributed by atoms with E-state index in [4.69, 9.17) is 0 Å². The molecule has 0 bridgehead atoms. The number of aromatic nitrogens is 6. The van der Waals surface area contributed by atoms with Gasteiger partial charge >= 0.3 is 0 Å². The standard InChI is InChI=1S/C21H28N8O/c1-17-22-10-14-28(17)13-9-19(18-7-3-2-4-8-18)23-21(30)16-29-20(24-25-26-29)15-27-11-5-6-12-27/h2-4,7-8,10,14,19H,5-6,9,11-13,15-16H2,1H3,(H,23,30). The Morgan fingerprint density at radius 2 is 2.00 bits per heavy atom. The molecule has 2 aromatic heterocycles. The highest BCUT2D eigenvalue weighted by Gasteiger charge is 2.19. The maximum absolute atomic E-state index is 12.9. The lowest BCUT2D eigenvalue weighted by molar-refractivity contribution is -0.122. The molecular weight excluding hydrogens is 380 g/mol. The Bertz CT molecular complexity index is 945. The minimum Gasteiger partial charge on any atom is -0.348 e. The van der Waals surface area contributed by atoms with Crippen LogP contribution < -0.4 is 5.32 Å². The van der Waals surface area contributed by atoms with E-state index in [1.54, 1.807) is 10.9 Å². The number of carbonyl (C=O) groups is 1. The number of carbonyl (C=O) groups excluding carboxylic acids is 1. The SMILES string of the molecule is Cc1nccn1CCC(NC(=O)Cn1nnnc1CN1CCCC1)c1ccccc1. The highest BCUT2D eigenvalue weighted by molar-refractivity contribution is 5.76. The van der Waals surface area contributed by atoms with Crippen LogP contribution in [0.25, 0.3) is 0 Å². The molecule has 30 heavy (non-hydrogen) atoms. The minimum absolute atomic E-state index is 0.0961. The van der Waals surface area contributed by atoms with E-state index < -0.39 is 0 Å². The molecule has 9 heteroatoms. The number of hydrogen-bond donors (Lipinski definition) is 1. The number of nitrogens with zero attached hydrogens (tertiary/aromatic N) is 7. The first-order chi connectivity index (χ1) is 14.7. The van der Waals surface area contributed by atoms with Gasteiger partial charge in [-0.15, -0.1) is 5.10 Å². The van der Waals surface area contributed by atoms with E-state index >= 15 is 0 Å². The molecular formula is C21H28N8O. The molecule has 1 N–H and O–H groups in total. The van der Waals surface area contributed by atoms with Crippen LogP contribution in [0.15, 0.2) is 42.7 Å². The average molecular weight is 409 g/mol. The van der Waals surface area contributed by atoms with Crippen molar-refractivity contribution >= 4 is 5.91 Å². The van der Waals surface area contributed by atoms with Gasteiger partial charge in [0.2, 0.25) is 5.91 Å². The zero-order valence-electron chi connectivity index (χ0n) is 17.3. The number of amides is 1. The summed E-state index contributed by atoms with van der Waals surface area (Å²) in [6.45, 7) is 5.67. The number of aryl methyl sites for hydroxylation is 2. The Hall–Kier alpha value is -3.07. The van der Waals surface area contributed by atoms with E-state index in [0.29, 0.717) is 6.54 Å². The van der Waals surface area contributed by atoms with Crippen LogP contribution in [0.3, 0.4) is 0 Å². The van der Waals surface area contributed by atoms with E-state index in [1.165, 1.54) is 12.8 Å². The maximum atomic E-state index is 12.9. The number of tetrazole rings is 1. The third-order valence-corrected chi connectivity index (χ3v) is 5.58. The molecule has 4 rings (SSSR count). The first kappa shape index (κ1) is 20.2. The van der Waals surface area contributed by atoms with Crippen molar-refractivity contribution in [2.24, 2.45) is 0 Å². The lowest BCUT2D eigenvalue weighted by Crippen LogP contribution is -2.33. The van der Waals surface area contributed by atoms with Crippen LogP contribution in [0, 0.1) is 6.92 Å². The fourth-order valence-electron chi connectivity index (χ4n) is 3.89. The number of nitrogens with one attached hydrogen (secondary N) is 1. The molecule has 0 saturated carbocycles. The lowest BCUT2D eigenvalue weighted by atomic mass is 10.0. The maximum Gasteiger partial charge on any atom is 0.242 e. The molecule has 1 aliphatic rings. The van der Waals surface area contributed by atoms with Crippen molar-refractivity contribution in [2.75, 3.05) is 13.1 Å². The number of benzene rings is 1. The average Bonchev–Trinajstić information content (AvgIpc) is 3.50. The summed E-state index contributed by atoms with van der Waals surface area (Å²) in [7, 11) is 0. The Morgan fingerprint density at radius 3 is 2.73 bits per heavy atom. The number of imidazole rings is 1. The second-order valence-electron chi connectivity index (χ2n) is 7.72. The quantitative estimate of drug-likeness (QED) is 0.579. The monoisotopic (exact) mass is 408 g/mol. The molecule has 3 heterocycles. The fourth-order valence-corrected chi connectivity index (χ4v) is 3.89. The smallest absolute Gasteiger partial charge is 0.242 e. The van der Waals surface area contributed by atoms with Gasteiger partial charge in [-0.05, 0) is 55.3 Å². The second-order valence-corrected chi connectivity index (χ2v) is 7.72.